The molecular formula is C32H37N5O4S. The molecule has 0 radical (unpaired) electrons. The van der Waals surface area contributed by atoms with Crippen molar-refractivity contribution in [2.45, 2.75) is 50.1 Å². The van der Waals surface area contributed by atoms with E-state index in [0.29, 0.717) is 16.9 Å². The van der Waals surface area contributed by atoms with E-state index >= 15 is 0 Å². The van der Waals surface area contributed by atoms with Gasteiger partial charge in [-0.15, -0.1) is 0 Å². The van der Waals surface area contributed by atoms with Gasteiger partial charge in [-0.2, -0.15) is 9.29 Å². The van der Waals surface area contributed by atoms with Crippen molar-refractivity contribution in [1.82, 2.24) is 19.3 Å². The van der Waals surface area contributed by atoms with Gasteiger partial charge in [0.1, 0.15) is 18.2 Å². The molecular weight excluding hydrogens is 550 g/mol. The van der Waals surface area contributed by atoms with Gasteiger partial charge in [-0.05, 0) is 73.7 Å². The molecule has 0 N–H and O–H groups in total. The first-order valence-electron chi connectivity index (χ1n) is 14.1. The number of nitrogens with zero attached hydrogens (tertiary/aromatic N) is 5. The number of pyridine rings is 1. The SMILES string of the molecule is COc1cc(C)c(S(=O)(=O)N(C)C(COc2nccc(N3CCCC3Cc3ccccn3)n2)c2ccccc2)c(C)c1. The van der Waals surface area contributed by atoms with Gasteiger partial charge in [0.15, 0.2) is 0 Å². The molecule has 1 aliphatic rings. The quantitative estimate of drug-likeness (QED) is 0.238. The van der Waals surface area contributed by atoms with Crippen molar-refractivity contribution in [1.29, 1.82) is 0 Å². The number of ether oxygens (including phenoxy) is 2. The molecule has 220 valence electrons. The van der Waals surface area contributed by atoms with E-state index in [9.17, 15) is 8.42 Å². The Morgan fingerprint density at radius 3 is 2.43 bits per heavy atom. The van der Waals surface area contributed by atoms with Gasteiger partial charge in [-0.25, -0.2) is 13.4 Å². The summed E-state index contributed by atoms with van der Waals surface area (Å²) >= 11 is 0. The van der Waals surface area contributed by atoms with Crippen molar-refractivity contribution in [3.05, 3.63) is 102 Å². The third kappa shape index (κ3) is 6.39. The summed E-state index contributed by atoms with van der Waals surface area (Å²) in [6, 6.07) is 20.7. The highest BCUT2D eigenvalue weighted by atomic mass is 32.2. The smallest absolute Gasteiger partial charge is 0.318 e. The molecule has 2 unspecified atom stereocenters. The number of anilines is 1. The van der Waals surface area contributed by atoms with Gasteiger partial charge in [-0.1, -0.05) is 36.4 Å². The number of benzene rings is 2. The zero-order chi connectivity index (χ0) is 29.7. The summed E-state index contributed by atoms with van der Waals surface area (Å²) in [5.74, 6) is 1.41. The van der Waals surface area contributed by atoms with E-state index in [0.717, 1.165) is 42.9 Å². The fraction of sp³-hybridized carbons (Fsp3) is 0.344. The molecule has 3 heterocycles. The summed E-state index contributed by atoms with van der Waals surface area (Å²) in [7, 11) is -0.738. The first kappa shape index (κ1) is 29.5. The molecule has 2 aromatic carbocycles. The zero-order valence-electron chi connectivity index (χ0n) is 24.5. The summed E-state index contributed by atoms with van der Waals surface area (Å²) in [6.45, 7) is 4.49. The third-order valence-electron chi connectivity index (χ3n) is 7.76. The molecule has 1 aliphatic heterocycles. The molecule has 10 heteroatoms. The normalized spacial score (nSPS) is 16.0. The number of sulfonamides is 1. The second-order valence-electron chi connectivity index (χ2n) is 10.6. The Labute approximate surface area is 248 Å². The molecule has 9 nitrogen and oxygen atoms in total. The first-order chi connectivity index (χ1) is 20.3. The van der Waals surface area contributed by atoms with Crippen molar-refractivity contribution in [2.24, 2.45) is 0 Å². The topological polar surface area (TPSA) is 97.8 Å². The predicted octanol–water partition coefficient (Wildman–Crippen LogP) is 5.15. The summed E-state index contributed by atoms with van der Waals surface area (Å²) in [5.41, 5.74) is 3.09. The molecule has 0 aliphatic carbocycles. The first-order valence-corrected chi connectivity index (χ1v) is 15.5. The lowest BCUT2D eigenvalue weighted by Gasteiger charge is -2.29. The molecule has 2 aromatic heterocycles. The summed E-state index contributed by atoms with van der Waals surface area (Å²) in [4.78, 5) is 16.1. The molecule has 0 saturated carbocycles. The average Bonchev–Trinajstić information content (AvgIpc) is 3.46. The van der Waals surface area contributed by atoms with Gasteiger partial charge in [0.25, 0.3) is 0 Å². The molecule has 0 spiro atoms. The minimum atomic E-state index is -3.89. The van der Waals surface area contributed by atoms with Gasteiger partial charge < -0.3 is 14.4 Å². The molecule has 0 amide bonds. The van der Waals surface area contributed by atoms with Gasteiger partial charge in [0.05, 0.1) is 18.0 Å². The van der Waals surface area contributed by atoms with Crippen LogP contribution in [0.2, 0.25) is 0 Å². The van der Waals surface area contributed by atoms with Crippen LogP contribution in [0.3, 0.4) is 0 Å². The fourth-order valence-corrected chi connectivity index (χ4v) is 7.39. The van der Waals surface area contributed by atoms with Crippen LogP contribution >= 0.6 is 0 Å². The minimum Gasteiger partial charge on any atom is -0.497 e. The lowest BCUT2D eigenvalue weighted by atomic mass is 10.1. The number of hydrogen-bond acceptors (Lipinski definition) is 8. The molecule has 42 heavy (non-hydrogen) atoms. The number of hydrogen-bond donors (Lipinski definition) is 0. The van der Waals surface area contributed by atoms with Crippen LogP contribution in [0.25, 0.3) is 0 Å². The molecule has 1 fully saturated rings. The van der Waals surface area contributed by atoms with Crippen molar-refractivity contribution >= 4 is 15.8 Å². The lowest BCUT2D eigenvalue weighted by molar-refractivity contribution is 0.209. The van der Waals surface area contributed by atoms with E-state index in [4.69, 9.17) is 14.5 Å². The zero-order valence-corrected chi connectivity index (χ0v) is 25.3. The van der Waals surface area contributed by atoms with E-state index in [1.165, 1.54) is 4.31 Å². The standard InChI is InChI=1S/C32H37N5O4S/c1-23-19-28(40-4)20-24(2)31(23)42(38,39)36(3)29(25-11-6-5-7-12-25)22-41-32-34-17-15-30(35-32)37-18-10-14-27(37)21-26-13-8-9-16-33-26/h5-9,11-13,15-17,19-20,27,29H,10,14,18,21-22H2,1-4H3. The van der Waals surface area contributed by atoms with Gasteiger partial charge in [-0.3, -0.25) is 4.98 Å². The molecule has 4 aromatic rings. The number of likely N-dealkylation sites (N-methyl/N-ethyl adjacent to an activating group) is 1. The summed E-state index contributed by atoms with van der Waals surface area (Å²) < 4.78 is 40.9. The Hall–Kier alpha value is -4.02. The number of rotatable bonds is 11. The monoisotopic (exact) mass is 587 g/mol. The molecule has 5 rings (SSSR count). The number of aryl methyl sites for hydroxylation is 2. The fourth-order valence-electron chi connectivity index (χ4n) is 5.66. The maximum atomic E-state index is 14.0. The van der Waals surface area contributed by atoms with Crippen LogP contribution in [-0.2, 0) is 16.4 Å². The highest BCUT2D eigenvalue weighted by Crippen LogP contribution is 2.33. The minimum absolute atomic E-state index is 0.0365. The summed E-state index contributed by atoms with van der Waals surface area (Å²) in [6.07, 6.45) is 6.48. The number of methoxy groups -OCH3 is 1. The van der Waals surface area contributed by atoms with Crippen molar-refractivity contribution in [3.63, 3.8) is 0 Å². The van der Waals surface area contributed by atoms with Crippen molar-refractivity contribution in [3.8, 4) is 11.8 Å². The number of aromatic nitrogens is 3. The second-order valence-corrected chi connectivity index (χ2v) is 12.5. The molecule has 0 bridgehead atoms. The van der Waals surface area contributed by atoms with Crippen LogP contribution < -0.4 is 14.4 Å². The van der Waals surface area contributed by atoms with E-state index in [-0.39, 0.29) is 23.6 Å². The Bertz CT molecular complexity index is 1580. The highest BCUT2D eigenvalue weighted by molar-refractivity contribution is 7.89. The van der Waals surface area contributed by atoms with Crippen molar-refractivity contribution < 1.29 is 17.9 Å². The van der Waals surface area contributed by atoms with E-state index in [1.807, 2.05) is 60.8 Å². The van der Waals surface area contributed by atoms with Gasteiger partial charge >= 0.3 is 6.01 Å². The van der Waals surface area contributed by atoms with Crippen LogP contribution in [0.1, 0.15) is 41.3 Å². The van der Waals surface area contributed by atoms with Crippen LogP contribution in [0.5, 0.6) is 11.8 Å². The van der Waals surface area contributed by atoms with Crippen LogP contribution in [0.15, 0.2) is 84.0 Å². The van der Waals surface area contributed by atoms with Crippen LogP contribution in [0.4, 0.5) is 5.82 Å². The predicted molar refractivity (Wildman–Crippen MR) is 162 cm³/mol. The molecule has 1 saturated heterocycles. The van der Waals surface area contributed by atoms with Gasteiger partial charge in [0, 0.05) is 44.1 Å². The third-order valence-corrected chi connectivity index (χ3v) is 9.93. The second kappa shape index (κ2) is 12.9. The Morgan fingerprint density at radius 1 is 1.00 bits per heavy atom. The van der Waals surface area contributed by atoms with Crippen LogP contribution in [-0.4, -0.2) is 61.0 Å². The maximum absolute atomic E-state index is 14.0. The summed E-state index contributed by atoms with van der Waals surface area (Å²) in [5, 5.41) is 0. The lowest BCUT2D eigenvalue weighted by Crippen LogP contribution is -2.35. The highest BCUT2D eigenvalue weighted by Gasteiger charge is 2.33. The maximum Gasteiger partial charge on any atom is 0.318 e. The Kier molecular flexibility index (Phi) is 9.03. The Balaban J connectivity index is 1.38. The Morgan fingerprint density at radius 2 is 1.74 bits per heavy atom. The van der Waals surface area contributed by atoms with E-state index < -0.39 is 16.1 Å². The molecule has 2 atom stereocenters. The van der Waals surface area contributed by atoms with Crippen molar-refractivity contribution in [2.75, 3.05) is 32.2 Å². The van der Waals surface area contributed by atoms with Gasteiger partial charge in [0.2, 0.25) is 10.0 Å². The van der Waals surface area contributed by atoms with Crippen LogP contribution in [0, 0.1) is 13.8 Å². The average molecular weight is 588 g/mol. The van der Waals surface area contributed by atoms with E-state index in [2.05, 4.69) is 14.9 Å². The largest absolute Gasteiger partial charge is 0.497 e. The van der Waals surface area contributed by atoms with E-state index in [1.54, 1.807) is 46.3 Å².